The summed E-state index contributed by atoms with van der Waals surface area (Å²) in [4.78, 5) is 0. The molecule has 3 atom stereocenters. The molecule has 0 heteroatoms. The molecule has 1 fully saturated rings. The molecule has 0 aromatic heterocycles. The Hall–Kier alpha value is -0.260. The molecule has 0 N–H and O–H groups in total. The molecule has 0 saturated heterocycles. The van der Waals surface area contributed by atoms with Gasteiger partial charge in [-0.2, -0.15) is 0 Å². The van der Waals surface area contributed by atoms with Crippen LogP contribution in [-0.4, -0.2) is 0 Å². The van der Waals surface area contributed by atoms with Crippen molar-refractivity contribution in [2.75, 3.05) is 0 Å². The lowest BCUT2D eigenvalue weighted by atomic mass is 9.85. The van der Waals surface area contributed by atoms with Crippen molar-refractivity contribution < 1.29 is 0 Å². The fourth-order valence-electron chi connectivity index (χ4n) is 2.81. The zero-order valence-electron chi connectivity index (χ0n) is 7.42. The molecule has 2 aliphatic carbocycles. The van der Waals surface area contributed by atoms with Crippen LogP contribution in [0, 0.1) is 17.8 Å². The summed E-state index contributed by atoms with van der Waals surface area (Å²) < 4.78 is 0. The van der Waals surface area contributed by atoms with Gasteiger partial charge in [0, 0.05) is 0 Å². The Morgan fingerprint density at radius 3 is 3.00 bits per heavy atom. The molecule has 0 aliphatic heterocycles. The largest absolute Gasteiger partial charge is 0.0882 e. The van der Waals surface area contributed by atoms with E-state index in [0.717, 1.165) is 17.8 Å². The molecule has 0 amide bonds. The van der Waals surface area contributed by atoms with E-state index >= 15 is 0 Å². The summed E-state index contributed by atoms with van der Waals surface area (Å²) in [5.74, 6) is 2.97. The topological polar surface area (TPSA) is 0 Å². The monoisotopic (exact) mass is 150 g/mol. The van der Waals surface area contributed by atoms with Crippen molar-refractivity contribution in [3.05, 3.63) is 12.2 Å². The zero-order chi connectivity index (χ0) is 7.68. The van der Waals surface area contributed by atoms with Crippen molar-refractivity contribution in [1.29, 1.82) is 0 Å². The molecule has 3 unspecified atom stereocenters. The number of rotatable bonds is 0. The van der Waals surface area contributed by atoms with Crippen LogP contribution in [0.15, 0.2) is 12.2 Å². The summed E-state index contributed by atoms with van der Waals surface area (Å²) in [6.45, 7) is 2.44. The Labute approximate surface area is 69.7 Å². The van der Waals surface area contributed by atoms with Crippen LogP contribution in [0.2, 0.25) is 0 Å². The van der Waals surface area contributed by atoms with Gasteiger partial charge in [0.25, 0.3) is 0 Å². The molecule has 62 valence electrons. The third kappa shape index (κ3) is 1.36. The van der Waals surface area contributed by atoms with Crippen LogP contribution in [0.25, 0.3) is 0 Å². The summed E-state index contributed by atoms with van der Waals surface area (Å²) in [5, 5.41) is 0. The molecule has 0 aromatic rings. The Kier molecular flexibility index (Phi) is 2.02. The summed E-state index contributed by atoms with van der Waals surface area (Å²) in [6, 6.07) is 0. The van der Waals surface area contributed by atoms with Crippen LogP contribution in [0.1, 0.15) is 39.0 Å². The Balaban J connectivity index is 2.11. The molecule has 0 bridgehead atoms. The van der Waals surface area contributed by atoms with E-state index in [4.69, 9.17) is 0 Å². The van der Waals surface area contributed by atoms with Crippen LogP contribution in [0.5, 0.6) is 0 Å². The lowest BCUT2D eigenvalue weighted by Crippen LogP contribution is -2.13. The summed E-state index contributed by atoms with van der Waals surface area (Å²) in [5.41, 5.74) is 0. The first kappa shape index (κ1) is 7.39. The Bertz CT molecular complexity index is 157. The first-order valence-corrected chi connectivity index (χ1v) is 5.04. The van der Waals surface area contributed by atoms with Gasteiger partial charge in [-0.25, -0.2) is 0 Å². The SMILES string of the molecule is CC1CCC=CC2CCCC12. The summed E-state index contributed by atoms with van der Waals surface area (Å²) in [7, 11) is 0. The average Bonchev–Trinajstić information content (AvgIpc) is 2.40. The second-order valence-corrected chi connectivity index (χ2v) is 4.24. The van der Waals surface area contributed by atoms with Crippen LogP contribution < -0.4 is 0 Å². The predicted octanol–water partition coefficient (Wildman–Crippen LogP) is 3.39. The van der Waals surface area contributed by atoms with E-state index in [-0.39, 0.29) is 0 Å². The average molecular weight is 150 g/mol. The third-order valence-corrected chi connectivity index (χ3v) is 3.53. The standard InChI is InChI=1S/C11H18/c1-9-5-2-3-6-10-7-4-8-11(9)10/h3,6,9-11H,2,4-5,7-8H2,1H3. The highest BCUT2D eigenvalue weighted by atomic mass is 14.3. The molecule has 0 spiro atoms. The maximum absolute atomic E-state index is 2.49. The number of fused-ring (bicyclic) bond motifs is 1. The minimum Gasteiger partial charge on any atom is -0.0882 e. The van der Waals surface area contributed by atoms with Gasteiger partial charge in [-0.1, -0.05) is 25.5 Å². The molecule has 2 rings (SSSR count). The lowest BCUT2D eigenvalue weighted by Gasteiger charge is -2.20. The highest BCUT2D eigenvalue weighted by molar-refractivity contribution is 4.99. The van der Waals surface area contributed by atoms with Crippen LogP contribution >= 0.6 is 0 Å². The van der Waals surface area contributed by atoms with Gasteiger partial charge in [0.15, 0.2) is 0 Å². The van der Waals surface area contributed by atoms with Gasteiger partial charge in [0.1, 0.15) is 0 Å². The normalized spacial score (nSPS) is 43.5. The molecule has 2 aliphatic rings. The summed E-state index contributed by atoms with van der Waals surface area (Å²) in [6.07, 6.45) is 12.1. The minimum atomic E-state index is 0.951. The molecular weight excluding hydrogens is 132 g/mol. The lowest BCUT2D eigenvalue weighted by molar-refractivity contribution is 0.310. The van der Waals surface area contributed by atoms with Gasteiger partial charge in [-0.15, -0.1) is 0 Å². The van der Waals surface area contributed by atoms with Crippen molar-refractivity contribution in [2.45, 2.75) is 39.0 Å². The second-order valence-electron chi connectivity index (χ2n) is 4.24. The fourth-order valence-corrected chi connectivity index (χ4v) is 2.81. The first-order chi connectivity index (χ1) is 5.38. The fraction of sp³-hybridized carbons (Fsp3) is 0.818. The number of hydrogen-bond donors (Lipinski definition) is 0. The minimum absolute atomic E-state index is 0.951. The maximum Gasteiger partial charge on any atom is -0.0203 e. The Morgan fingerprint density at radius 2 is 2.09 bits per heavy atom. The van der Waals surface area contributed by atoms with Crippen LogP contribution in [-0.2, 0) is 0 Å². The Morgan fingerprint density at radius 1 is 1.18 bits per heavy atom. The molecule has 11 heavy (non-hydrogen) atoms. The molecule has 0 aromatic carbocycles. The number of allylic oxidation sites excluding steroid dienone is 2. The van der Waals surface area contributed by atoms with Crippen molar-refractivity contribution >= 4 is 0 Å². The van der Waals surface area contributed by atoms with E-state index in [1.54, 1.807) is 0 Å². The van der Waals surface area contributed by atoms with Gasteiger partial charge in [0.2, 0.25) is 0 Å². The van der Waals surface area contributed by atoms with E-state index in [0.29, 0.717) is 0 Å². The van der Waals surface area contributed by atoms with Crippen LogP contribution in [0.4, 0.5) is 0 Å². The molecule has 0 nitrogen and oxygen atoms in total. The molecule has 0 radical (unpaired) electrons. The highest BCUT2D eigenvalue weighted by Gasteiger charge is 2.30. The molecular formula is C11H18. The predicted molar refractivity (Wildman–Crippen MR) is 48.4 cm³/mol. The maximum atomic E-state index is 2.49. The first-order valence-electron chi connectivity index (χ1n) is 5.04. The second kappa shape index (κ2) is 3.00. The van der Waals surface area contributed by atoms with Crippen molar-refractivity contribution in [3.63, 3.8) is 0 Å². The van der Waals surface area contributed by atoms with E-state index < -0.39 is 0 Å². The van der Waals surface area contributed by atoms with Gasteiger partial charge in [0.05, 0.1) is 0 Å². The highest BCUT2D eigenvalue weighted by Crippen LogP contribution is 2.41. The van der Waals surface area contributed by atoms with Gasteiger partial charge < -0.3 is 0 Å². The molecule has 1 saturated carbocycles. The van der Waals surface area contributed by atoms with Crippen molar-refractivity contribution in [2.24, 2.45) is 17.8 Å². The van der Waals surface area contributed by atoms with Gasteiger partial charge in [-0.05, 0) is 43.4 Å². The third-order valence-electron chi connectivity index (χ3n) is 3.53. The van der Waals surface area contributed by atoms with Crippen LogP contribution in [0.3, 0.4) is 0 Å². The zero-order valence-corrected chi connectivity index (χ0v) is 7.42. The quantitative estimate of drug-likeness (QED) is 0.464. The molecule has 0 heterocycles. The van der Waals surface area contributed by atoms with E-state index in [9.17, 15) is 0 Å². The van der Waals surface area contributed by atoms with Crippen molar-refractivity contribution in [1.82, 2.24) is 0 Å². The van der Waals surface area contributed by atoms with E-state index in [1.807, 2.05) is 0 Å². The smallest absolute Gasteiger partial charge is 0.0203 e. The van der Waals surface area contributed by atoms with E-state index in [1.165, 1.54) is 32.1 Å². The number of hydrogen-bond acceptors (Lipinski definition) is 0. The summed E-state index contributed by atoms with van der Waals surface area (Å²) >= 11 is 0. The van der Waals surface area contributed by atoms with Crippen molar-refractivity contribution in [3.8, 4) is 0 Å². The van der Waals surface area contributed by atoms with Gasteiger partial charge >= 0.3 is 0 Å². The van der Waals surface area contributed by atoms with E-state index in [2.05, 4.69) is 19.1 Å². The van der Waals surface area contributed by atoms with Gasteiger partial charge in [-0.3, -0.25) is 0 Å².